The quantitative estimate of drug-likeness (QED) is 0.0871. The standard InChI is InChI=1S/C34H27N5O7S2/c1-4-46-32(41)28-29(20-9-6-5-7-10-20)37-34-38(30(28)21-11-13-24(44-2)25(18-21)45-3)31(40)27(48-34)19-22-17-23(39(42)43)12-14-26(22)47-33-35-15-8-16-36-33/h5-19,30H,4H2,1-3H3/b27-19+/t30-/m0/s1. The Kier molecular flexibility index (Phi) is 9.45. The lowest BCUT2D eigenvalue weighted by Gasteiger charge is -2.26. The Bertz CT molecular complexity index is 2240. The number of nitrogens with zero attached hydrogens (tertiary/aromatic N) is 5. The second-order valence-corrected chi connectivity index (χ2v) is 12.2. The fraction of sp³-hybridized carbons (Fsp3) is 0.147. The Morgan fingerprint density at radius 2 is 1.77 bits per heavy atom. The van der Waals surface area contributed by atoms with Gasteiger partial charge in [-0.15, -0.1) is 0 Å². The van der Waals surface area contributed by atoms with Crippen LogP contribution in [0.4, 0.5) is 5.69 Å². The summed E-state index contributed by atoms with van der Waals surface area (Å²) >= 11 is 2.31. The normalized spacial score (nSPS) is 14.2. The van der Waals surface area contributed by atoms with E-state index in [2.05, 4.69) is 9.97 Å². The van der Waals surface area contributed by atoms with Gasteiger partial charge in [0.05, 0.1) is 47.6 Å². The first-order valence-electron chi connectivity index (χ1n) is 14.6. The summed E-state index contributed by atoms with van der Waals surface area (Å²) in [6.45, 7) is 1.81. The summed E-state index contributed by atoms with van der Waals surface area (Å²) in [6, 6.07) is 19.5. The van der Waals surface area contributed by atoms with E-state index in [4.69, 9.17) is 19.2 Å². The molecule has 0 saturated heterocycles. The number of nitro benzene ring substituents is 1. The number of carbonyl (C=O) groups excluding carboxylic acids is 1. The first-order chi connectivity index (χ1) is 23.3. The molecule has 14 heteroatoms. The second kappa shape index (κ2) is 14.0. The first kappa shape index (κ1) is 32.3. The van der Waals surface area contributed by atoms with Gasteiger partial charge in [0, 0.05) is 35.0 Å². The summed E-state index contributed by atoms with van der Waals surface area (Å²) in [6.07, 6.45) is 4.78. The SMILES string of the molecule is CCOC(=O)C1=C(c2ccccc2)N=c2s/c(=C/c3cc([N+](=O)[O-])ccc3Sc3ncccn3)c(=O)n2[C@H]1c1ccc(OC)c(OC)c1. The monoisotopic (exact) mass is 681 g/mol. The van der Waals surface area contributed by atoms with Crippen molar-refractivity contribution >= 4 is 46.5 Å². The van der Waals surface area contributed by atoms with Crippen LogP contribution in [0.1, 0.15) is 29.7 Å². The molecule has 0 radical (unpaired) electrons. The van der Waals surface area contributed by atoms with Crippen LogP contribution in [-0.2, 0) is 9.53 Å². The lowest BCUT2D eigenvalue weighted by Crippen LogP contribution is -2.40. The summed E-state index contributed by atoms with van der Waals surface area (Å²) in [5.41, 5.74) is 1.56. The zero-order valence-electron chi connectivity index (χ0n) is 25.9. The molecule has 1 aliphatic heterocycles. The number of aromatic nitrogens is 3. The van der Waals surface area contributed by atoms with Gasteiger partial charge in [0.15, 0.2) is 21.5 Å². The molecule has 0 bridgehead atoms. The molecule has 0 saturated carbocycles. The zero-order valence-corrected chi connectivity index (χ0v) is 27.5. The van der Waals surface area contributed by atoms with Gasteiger partial charge in [0.1, 0.15) is 0 Å². The van der Waals surface area contributed by atoms with E-state index in [1.54, 1.807) is 55.7 Å². The van der Waals surface area contributed by atoms with E-state index in [-0.39, 0.29) is 22.4 Å². The van der Waals surface area contributed by atoms with E-state index < -0.39 is 22.5 Å². The number of rotatable bonds is 10. The Morgan fingerprint density at radius 1 is 1.02 bits per heavy atom. The number of benzene rings is 3. The molecular weight excluding hydrogens is 655 g/mol. The number of ether oxygens (including phenoxy) is 3. The summed E-state index contributed by atoms with van der Waals surface area (Å²) < 4.78 is 18.3. The molecule has 2 aromatic heterocycles. The average Bonchev–Trinajstić information content (AvgIpc) is 3.42. The van der Waals surface area contributed by atoms with Crippen molar-refractivity contribution in [2.75, 3.05) is 20.8 Å². The Labute approximate surface area is 281 Å². The maximum atomic E-state index is 14.4. The molecule has 5 aromatic rings. The van der Waals surface area contributed by atoms with Crippen LogP contribution in [0.2, 0.25) is 0 Å². The fourth-order valence-corrected chi connectivity index (χ4v) is 7.00. The zero-order chi connectivity index (χ0) is 33.8. The molecule has 0 amide bonds. The Morgan fingerprint density at radius 3 is 2.46 bits per heavy atom. The number of carbonyl (C=O) groups is 1. The third-order valence-corrected chi connectivity index (χ3v) is 9.30. The molecule has 12 nitrogen and oxygen atoms in total. The molecule has 0 aliphatic carbocycles. The number of hydrogen-bond donors (Lipinski definition) is 0. The second-order valence-electron chi connectivity index (χ2n) is 10.2. The lowest BCUT2D eigenvalue weighted by molar-refractivity contribution is -0.384. The largest absolute Gasteiger partial charge is 0.493 e. The third-order valence-electron chi connectivity index (χ3n) is 7.33. The number of thiazole rings is 1. The smallest absolute Gasteiger partial charge is 0.338 e. The van der Waals surface area contributed by atoms with E-state index in [0.29, 0.717) is 48.7 Å². The van der Waals surface area contributed by atoms with Crippen LogP contribution in [0.3, 0.4) is 0 Å². The van der Waals surface area contributed by atoms with Crippen molar-refractivity contribution in [2.24, 2.45) is 4.99 Å². The van der Waals surface area contributed by atoms with Crippen molar-refractivity contribution in [1.29, 1.82) is 0 Å². The number of methoxy groups -OCH3 is 2. The van der Waals surface area contributed by atoms with E-state index in [9.17, 15) is 19.7 Å². The molecule has 1 atom stereocenters. The molecule has 0 N–H and O–H groups in total. The van der Waals surface area contributed by atoms with Gasteiger partial charge in [-0.2, -0.15) is 0 Å². The Balaban J connectivity index is 1.63. The highest BCUT2D eigenvalue weighted by atomic mass is 32.2. The van der Waals surface area contributed by atoms with Gasteiger partial charge < -0.3 is 14.2 Å². The van der Waals surface area contributed by atoms with Gasteiger partial charge in [-0.05, 0) is 60.2 Å². The van der Waals surface area contributed by atoms with Gasteiger partial charge in [0.25, 0.3) is 11.2 Å². The number of hydrogen-bond acceptors (Lipinski definition) is 12. The fourth-order valence-electron chi connectivity index (χ4n) is 5.21. The number of fused-ring (bicyclic) bond motifs is 1. The highest BCUT2D eigenvalue weighted by Crippen LogP contribution is 2.38. The molecule has 6 rings (SSSR count). The molecule has 1 aliphatic rings. The van der Waals surface area contributed by atoms with Crippen LogP contribution in [0, 0.1) is 10.1 Å². The maximum Gasteiger partial charge on any atom is 0.338 e. The van der Waals surface area contributed by atoms with Crippen molar-refractivity contribution in [2.45, 2.75) is 23.0 Å². The van der Waals surface area contributed by atoms with Crippen LogP contribution < -0.4 is 24.4 Å². The first-order valence-corrected chi connectivity index (χ1v) is 16.2. The van der Waals surface area contributed by atoms with E-state index in [0.717, 1.165) is 11.3 Å². The summed E-state index contributed by atoms with van der Waals surface area (Å²) in [4.78, 5) is 53.7. The summed E-state index contributed by atoms with van der Waals surface area (Å²) in [5, 5.41) is 12.2. The minimum absolute atomic E-state index is 0.103. The van der Waals surface area contributed by atoms with E-state index in [1.165, 1.54) is 42.7 Å². The van der Waals surface area contributed by atoms with Crippen molar-refractivity contribution in [1.82, 2.24) is 14.5 Å². The molecule has 3 heterocycles. The van der Waals surface area contributed by atoms with Crippen LogP contribution in [0.5, 0.6) is 11.5 Å². The molecular formula is C34H27N5O7S2. The highest BCUT2D eigenvalue weighted by Gasteiger charge is 2.35. The molecule has 0 unspecified atom stereocenters. The van der Waals surface area contributed by atoms with Crippen molar-refractivity contribution in [3.8, 4) is 11.5 Å². The number of esters is 1. The van der Waals surface area contributed by atoms with Crippen LogP contribution in [0.15, 0.2) is 111 Å². The van der Waals surface area contributed by atoms with Gasteiger partial charge in [-0.3, -0.25) is 19.5 Å². The van der Waals surface area contributed by atoms with Crippen LogP contribution >= 0.6 is 23.1 Å². The predicted molar refractivity (Wildman–Crippen MR) is 180 cm³/mol. The number of non-ortho nitro benzene ring substituents is 1. The van der Waals surface area contributed by atoms with Gasteiger partial charge in [-0.25, -0.2) is 19.8 Å². The minimum atomic E-state index is -0.964. The Hall–Kier alpha value is -5.60. The van der Waals surface area contributed by atoms with E-state index in [1.807, 2.05) is 30.3 Å². The predicted octanol–water partition coefficient (Wildman–Crippen LogP) is 4.80. The van der Waals surface area contributed by atoms with Gasteiger partial charge in [0.2, 0.25) is 0 Å². The average molecular weight is 682 g/mol. The minimum Gasteiger partial charge on any atom is -0.493 e. The molecule has 48 heavy (non-hydrogen) atoms. The van der Waals surface area contributed by atoms with E-state index >= 15 is 0 Å². The van der Waals surface area contributed by atoms with Crippen LogP contribution in [-0.4, -0.2) is 46.3 Å². The number of nitro groups is 1. The summed E-state index contributed by atoms with van der Waals surface area (Å²) in [5.74, 6) is 0.242. The molecule has 0 fully saturated rings. The molecule has 3 aromatic carbocycles. The van der Waals surface area contributed by atoms with Crippen molar-refractivity contribution in [3.63, 3.8) is 0 Å². The third kappa shape index (κ3) is 6.35. The van der Waals surface area contributed by atoms with Gasteiger partial charge in [-0.1, -0.05) is 47.7 Å². The molecule has 0 spiro atoms. The lowest BCUT2D eigenvalue weighted by atomic mass is 9.93. The summed E-state index contributed by atoms with van der Waals surface area (Å²) in [7, 11) is 3.02. The van der Waals surface area contributed by atoms with Gasteiger partial charge >= 0.3 is 5.97 Å². The topological polar surface area (TPSA) is 148 Å². The highest BCUT2D eigenvalue weighted by molar-refractivity contribution is 7.99. The van der Waals surface area contributed by atoms with Crippen molar-refractivity contribution < 1.29 is 23.9 Å². The molecule has 242 valence electrons. The maximum absolute atomic E-state index is 14.4. The van der Waals surface area contributed by atoms with Crippen LogP contribution in [0.25, 0.3) is 11.8 Å². The van der Waals surface area contributed by atoms with Crippen molar-refractivity contribution in [3.05, 3.63) is 137 Å².